The maximum atomic E-state index is 11.4. The molecule has 0 aliphatic rings. The highest BCUT2D eigenvalue weighted by atomic mass is 16.1. The van der Waals surface area contributed by atoms with Gasteiger partial charge in [-0.1, -0.05) is 0 Å². The normalized spacial score (nSPS) is 10.4. The second-order valence-electron chi connectivity index (χ2n) is 4.38. The molecule has 0 radical (unpaired) electrons. The minimum Gasteiger partial charge on any atom is -0.397 e. The summed E-state index contributed by atoms with van der Waals surface area (Å²) >= 11 is 0. The average molecular weight is 258 g/mol. The maximum absolute atomic E-state index is 11.4. The summed E-state index contributed by atoms with van der Waals surface area (Å²) in [6.07, 6.45) is 3.62. The minimum absolute atomic E-state index is 0.0293. The Hall–Kier alpha value is -2.30. The third-order valence-electron chi connectivity index (χ3n) is 3.06. The third-order valence-corrected chi connectivity index (χ3v) is 3.06. The van der Waals surface area contributed by atoms with Crippen molar-refractivity contribution in [2.24, 2.45) is 0 Å². The van der Waals surface area contributed by atoms with E-state index in [1.807, 2.05) is 6.20 Å². The number of nitrogens with zero attached hydrogens (tertiary/aromatic N) is 2. The van der Waals surface area contributed by atoms with Gasteiger partial charge in [0.05, 0.1) is 29.9 Å². The number of Topliss-reactive ketones (excluding diaryl/α,β-unsaturated/α-hetero) is 1. The lowest BCUT2D eigenvalue weighted by molar-refractivity contribution is 0.101. The first-order valence-electron chi connectivity index (χ1n) is 6.25. The van der Waals surface area contributed by atoms with Crippen LogP contribution in [0.1, 0.15) is 29.9 Å². The summed E-state index contributed by atoms with van der Waals surface area (Å²) in [7, 11) is 0. The number of carbonyl (C=O) groups excluding carboxylic acids is 1. The first-order chi connectivity index (χ1) is 9.11. The van der Waals surface area contributed by atoms with Crippen LogP contribution in [-0.4, -0.2) is 15.3 Å². The molecule has 0 amide bonds. The number of ketones is 1. The summed E-state index contributed by atoms with van der Waals surface area (Å²) in [6, 6.07) is 5.26. The van der Waals surface area contributed by atoms with Crippen LogP contribution < -0.4 is 11.1 Å². The van der Waals surface area contributed by atoms with Crippen molar-refractivity contribution in [1.29, 1.82) is 0 Å². The summed E-state index contributed by atoms with van der Waals surface area (Å²) in [4.78, 5) is 15.5. The van der Waals surface area contributed by atoms with Gasteiger partial charge in [-0.2, -0.15) is 0 Å². The molecule has 0 fully saturated rings. The van der Waals surface area contributed by atoms with Gasteiger partial charge in [0, 0.05) is 18.3 Å². The fraction of sp³-hybridized carbons (Fsp3) is 0.286. The molecule has 0 spiro atoms. The van der Waals surface area contributed by atoms with Crippen molar-refractivity contribution in [3.8, 4) is 0 Å². The second-order valence-corrected chi connectivity index (χ2v) is 4.38. The number of hydrogen-bond acceptors (Lipinski definition) is 4. The molecule has 0 saturated heterocycles. The highest BCUT2D eigenvalue weighted by Gasteiger charge is 2.06. The topological polar surface area (TPSA) is 72.9 Å². The van der Waals surface area contributed by atoms with E-state index >= 15 is 0 Å². The Bertz CT molecular complexity index is 589. The number of aryl methyl sites for hydroxylation is 1. The molecule has 0 atom stereocenters. The zero-order valence-corrected chi connectivity index (χ0v) is 11.2. The monoisotopic (exact) mass is 258 g/mol. The Morgan fingerprint density at radius 2 is 2.26 bits per heavy atom. The molecule has 3 N–H and O–H groups in total. The van der Waals surface area contributed by atoms with Gasteiger partial charge < -0.3 is 15.6 Å². The molecule has 19 heavy (non-hydrogen) atoms. The van der Waals surface area contributed by atoms with Gasteiger partial charge in [-0.25, -0.2) is 4.98 Å². The summed E-state index contributed by atoms with van der Waals surface area (Å²) in [5.41, 5.74) is 9.04. The molecule has 2 aromatic rings. The molecular weight excluding hydrogens is 240 g/mol. The quantitative estimate of drug-likeness (QED) is 0.637. The van der Waals surface area contributed by atoms with Gasteiger partial charge in [-0.3, -0.25) is 4.79 Å². The van der Waals surface area contributed by atoms with Gasteiger partial charge in [0.15, 0.2) is 5.78 Å². The number of anilines is 2. The lowest BCUT2D eigenvalue weighted by atomic mass is 10.1. The number of nitrogens with one attached hydrogen (secondary N) is 1. The molecular formula is C14H18N4O. The van der Waals surface area contributed by atoms with Gasteiger partial charge in [0.25, 0.3) is 0 Å². The number of hydrogen-bond donors (Lipinski definition) is 2. The zero-order chi connectivity index (χ0) is 13.8. The smallest absolute Gasteiger partial charge is 0.159 e. The van der Waals surface area contributed by atoms with E-state index < -0.39 is 0 Å². The van der Waals surface area contributed by atoms with E-state index in [1.165, 1.54) is 0 Å². The highest BCUT2D eigenvalue weighted by Crippen LogP contribution is 2.21. The van der Waals surface area contributed by atoms with Crippen molar-refractivity contribution < 1.29 is 4.79 Å². The van der Waals surface area contributed by atoms with Crippen LogP contribution in [0.2, 0.25) is 0 Å². The first kappa shape index (κ1) is 13.1. The Morgan fingerprint density at radius 1 is 1.47 bits per heavy atom. The number of imidazole rings is 1. The fourth-order valence-electron chi connectivity index (χ4n) is 1.89. The van der Waals surface area contributed by atoms with E-state index in [9.17, 15) is 4.79 Å². The van der Waals surface area contributed by atoms with Crippen LogP contribution in [0.15, 0.2) is 30.7 Å². The van der Waals surface area contributed by atoms with Gasteiger partial charge in [-0.05, 0) is 32.0 Å². The van der Waals surface area contributed by atoms with Crippen molar-refractivity contribution in [3.05, 3.63) is 42.0 Å². The number of nitrogens with two attached hydrogens (primary N) is 1. The lowest BCUT2D eigenvalue weighted by Gasteiger charge is -2.11. The fourth-order valence-corrected chi connectivity index (χ4v) is 1.89. The molecule has 2 rings (SSSR count). The predicted molar refractivity (Wildman–Crippen MR) is 76.1 cm³/mol. The van der Waals surface area contributed by atoms with Gasteiger partial charge in [-0.15, -0.1) is 0 Å². The number of aromatic nitrogens is 2. The molecule has 1 aromatic heterocycles. The number of benzene rings is 1. The van der Waals surface area contributed by atoms with E-state index in [0.29, 0.717) is 17.8 Å². The van der Waals surface area contributed by atoms with E-state index in [2.05, 4.69) is 21.8 Å². The first-order valence-corrected chi connectivity index (χ1v) is 6.25. The standard InChI is InChI=1S/C14H18N4O/c1-3-18-9-16-7-12(18)8-17-14-6-11(10(2)19)4-5-13(14)15/h4-7,9,17H,3,8,15H2,1-2H3. The molecule has 0 aliphatic carbocycles. The van der Waals surface area contributed by atoms with E-state index in [1.54, 1.807) is 31.5 Å². The number of nitrogen functional groups attached to an aromatic ring is 1. The highest BCUT2D eigenvalue weighted by molar-refractivity contribution is 5.96. The molecule has 100 valence electrons. The Morgan fingerprint density at radius 3 is 2.95 bits per heavy atom. The third kappa shape index (κ3) is 2.93. The van der Waals surface area contributed by atoms with Crippen LogP contribution in [0.5, 0.6) is 0 Å². The van der Waals surface area contributed by atoms with Gasteiger partial charge in [0.2, 0.25) is 0 Å². The maximum Gasteiger partial charge on any atom is 0.159 e. The number of rotatable bonds is 5. The van der Waals surface area contributed by atoms with Crippen molar-refractivity contribution >= 4 is 17.2 Å². The minimum atomic E-state index is 0.0293. The van der Waals surface area contributed by atoms with Crippen LogP contribution in [0, 0.1) is 0 Å². The van der Waals surface area contributed by atoms with Crippen LogP contribution in [-0.2, 0) is 13.1 Å². The molecule has 5 nitrogen and oxygen atoms in total. The van der Waals surface area contributed by atoms with Gasteiger partial charge in [0.1, 0.15) is 0 Å². The van der Waals surface area contributed by atoms with Gasteiger partial charge >= 0.3 is 0 Å². The molecule has 0 saturated carbocycles. The lowest BCUT2D eigenvalue weighted by Crippen LogP contribution is -2.08. The van der Waals surface area contributed by atoms with Crippen molar-refractivity contribution in [2.45, 2.75) is 26.9 Å². The van der Waals surface area contributed by atoms with Crippen LogP contribution in [0.4, 0.5) is 11.4 Å². The Labute approximate surface area is 112 Å². The summed E-state index contributed by atoms with van der Waals surface area (Å²) < 4.78 is 2.05. The van der Waals surface area contributed by atoms with E-state index in [4.69, 9.17) is 5.73 Å². The molecule has 0 aliphatic heterocycles. The largest absolute Gasteiger partial charge is 0.397 e. The van der Waals surface area contributed by atoms with E-state index in [-0.39, 0.29) is 5.78 Å². The van der Waals surface area contributed by atoms with Crippen LogP contribution >= 0.6 is 0 Å². The molecule has 0 unspecified atom stereocenters. The second kappa shape index (κ2) is 5.56. The molecule has 1 aromatic carbocycles. The van der Waals surface area contributed by atoms with E-state index in [0.717, 1.165) is 17.9 Å². The summed E-state index contributed by atoms with van der Waals surface area (Å²) in [5, 5.41) is 3.25. The van der Waals surface area contributed by atoms with Crippen molar-refractivity contribution in [2.75, 3.05) is 11.1 Å². The summed E-state index contributed by atoms with van der Waals surface area (Å²) in [6.45, 7) is 5.11. The zero-order valence-electron chi connectivity index (χ0n) is 11.2. The summed E-state index contributed by atoms with van der Waals surface area (Å²) in [5.74, 6) is 0.0293. The molecule has 0 bridgehead atoms. The van der Waals surface area contributed by atoms with Crippen molar-refractivity contribution in [1.82, 2.24) is 9.55 Å². The SMILES string of the molecule is CCn1cncc1CNc1cc(C(C)=O)ccc1N. The average Bonchev–Trinajstić information content (AvgIpc) is 2.85. The Balaban J connectivity index is 2.15. The van der Waals surface area contributed by atoms with Crippen molar-refractivity contribution in [3.63, 3.8) is 0 Å². The Kier molecular flexibility index (Phi) is 3.85. The van der Waals surface area contributed by atoms with Crippen LogP contribution in [0.25, 0.3) is 0 Å². The molecule has 1 heterocycles. The molecule has 5 heteroatoms. The number of carbonyl (C=O) groups is 1. The van der Waals surface area contributed by atoms with Crippen LogP contribution in [0.3, 0.4) is 0 Å². The predicted octanol–water partition coefficient (Wildman–Crippen LogP) is 2.30.